The maximum absolute atomic E-state index is 8.57. The molecule has 2 aliphatic rings. The largest absolute Gasteiger partial charge is 0.312 e. The van der Waals surface area contributed by atoms with Gasteiger partial charge in [-0.2, -0.15) is 5.26 Å². The minimum absolute atomic E-state index is 0.445. The Morgan fingerprint density at radius 3 is 3.25 bits per heavy atom. The lowest BCUT2D eigenvalue weighted by molar-refractivity contribution is 0.484. The van der Waals surface area contributed by atoms with Crippen molar-refractivity contribution in [3.05, 3.63) is 23.7 Å². The molecule has 0 spiro atoms. The van der Waals surface area contributed by atoms with E-state index < -0.39 is 0 Å². The molecule has 0 aromatic heterocycles. The van der Waals surface area contributed by atoms with Gasteiger partial charge < -0.3 is 4.90 Å². The number of hydrogen-bond donors (Lipinski definition) is 0. The van der Waals surface area contributed by atoms with Gasteiger partial charge in [0, 0.05) is 6.20 Å². The fourth-order valence-electron chi connectivity index (χ4n) is 1.08. The standard InChI is InChI=1S/C7H5BrN4/c8-12-3-7-1-6(2-9)10-4-11(7)5-12/h1,3-4H,5H2. The fraction of sp³-hybridized carbons (Fsp3) is 0.143. The number of nitriles is 1. The summed E-state index contributed by atoms with van der Waals surface area (Å²) in [7, 11) is 0. The Morgan fingerprint density at radius 2 is 2.50 bits per heavy atom. The molecule has 0 atom stereocenters. The third kappa shape index (κ3) is 1.10. The van der Waals surface area contributed by atoms with Gasteiger partial charge >= 0.3 is 0 Å². The van der Waals surface area contributed by atoms with Gasteiger partial charge in [0.15, 0.2) is 0 Å². The highest BCUT2D eigenvalue weighted by atomic mass is 79.9. The van der Waals surface area contributed by atoms with Crippen LogP contribution < -0.4 is 0 Å². The highest BCUT2D eigenvalue weighted by Crippen LogP contribution is 2.22. The molecule has 0 unspecified atom stereocenters. The van der Waals surface area contributed by atoms with Gasteiger partial charge in [-0.3, -0.25) is 3.93 Å². The summed E-state index contributed by atoms with van der Waals surface area (Å²) in [6, 6.07) is 1.99. The monoisotopic (exact) mass is 224 g/mol. The van der Waals surface area contributed by atoms with Crippen LogP contribution in [0.3, 0.4) is 0 Å². The number of halogens is 1. The lowest BCUT2D eigenvalue weighted by Gasteiger charge is -2.16. The summed E-state index contributed by atoms with van der Waals surface area (Å²) < 4.78 is 1.85. The SMILES string of the molecule is N#CC1=CC2=CN(Br)CN2C=N1. The van der Waals surface area contributed by atoms with Crippen molar-refractivity contribution in [3.63, 3.8) is 0 Å². The minimum atomic E-state index is 0.445. The quantitative estimate of drug-likeness (QED) is 0.581. The Bertz CT molecular complexity index is 336. The zero-order valence-electron chi connectivity index (χ0n) is 6.11. The van der Waals surface area contributed by atoms with Gasteiger partial charge in [0.25, 0.3) is 0 Å². The van der Waals surface area contributed by atoms with E-state index in [0.717, 1.165) is 12.4 Å². The second kappa shape index (κ2) is 2.64. The van der Waals surface area contributed by atoms with Crippen LogP contribution in [-0.4, -0.2) is 21.8 Å². The molecule has 0 fully saturated rings. The van der Waals surface area contributed by atoms with Crippen molar-refractivity contribution >= 4 is 22.5 Å². The lowest BCUT2D eigenvalue weighted by Crippen LogP contribution is -2.22. The van der Waals surface area contributed by atoms with E-state index in [9.17, 15) is 0 Å². The number of hydrogen-bond acceptors (Lipinski definition) is 4. The van der Waals surface area contributed by atoms with Crippen LogP contribution in [0.5, 0.6) is 0 Å². The van der Waals surface area contributed by atoms with Gasteiger partial charge in [0.05, 0.1) is 28.2 Å². The van der Waals surface area contributed by atoms with Gasteiger partial charge in [-0.25, -0.2) is 4.99 Å². The molecule has 2 heterocycles. The first-order valence-electron chi connectivity index (χ1n) is 3.36. The van der Waals surface area contributed by atoms with E-state index in [1.807, 2.05) is 21.1 Å². The molecule has 0 aromatic carbocycles. The highest BCUT2D eigenvalue weighted by molar-refractivity contribution is 9.07. The maximum atomic E-state index is 8.57. The Kier molecular flexibility index (Phi) is 1.62. The molecule has 0 aromatic rings. The topological polar surface area (TPSA) is 42.6 Å². The van der Waals surface area contributed by atoms with E-state index in [4.69, 9.17) is 5.26 Å². The van der Waals surface area contributed by atoms with Crippen LogP contribution >= 0.6 is 16.1 Å². The molecular formula is C7H5BrN4. The first kappa shape index (κ1) is 7.37. The molecule has 12 heavy (non-hydrogen) atoms. The molecule has 2 aliphatic heterocycles. The second-order valence-electron chi connectivity index (χ2n) is 2.45. The van der Waals surface area contributed by atoms with Crippen molar-refractivity contribution < 1.29 is 0 Å². The predicted molar refractivity (Wildman–Crippen MR) is 47.7 cm³/mol. The lowest BCUT2D eigenvalue weighted by atomic mass is 10.3. The van der Waals surface area contributed by atoms with Gasteiger partial charge in [-0.15, -0.1) is 0 Å². The number of rotatable bonds is 0. The average Bonchev–Trinajstić information content (AvgIpc) is 2.43. The van der Waals surface area contributed by atoms with Gasteiger partial charge in [-0.1, -0.05) is 0 Å². The van der Waals surface area contributed by atoms with Crippen molar-refractivity contribution in [2.45, 2.75) is 0 Å². The molecular weight excluding hydrogens is 220 g/mol. The molecule has 4 nitrogen and oxygen atoms in total. The zero-order chi connectivity index (χ0) is 8.55. The van der Waals surface area contributed by atoms with Crippen LogP contribution in [-0.2, 0) is 0 Å². The summed E-state index contributed by atoms with van der Waals surface area (Å²) in [4.78, 5) is 5.88. The Labute approximate surface area is 78.4 Å². The van der Waals surface area contributed by atoms with E-state index in [1.165, 1.54) is 0 Å². The van der Waals surface area contributed by atoms with Crippen LogP contribution in [0, 0.1) is 11.3 Å². The molecule has 5 heteroatoms. The molecule has 0 N–H and O–H groups in total. The van der Waals surface area contributed by atoms with Crippen molar-refractivity contribution in [1.29, 1.82) is 5.26 Å². The van der Waals surface area contributed by atoms with Gasteiger partial charge in [0.1, 0.15) is 18.4 Å². The molecule has 2 rings (SSSR count). The van der Waals surface area contributed by atoms with Crippen molar-refractivity contribution in [3.8, 4) is 6.07 Å². The highest BCUT2D eigenvalue weighted by Gasteiger charge is 2.19. The Hall–Kier alpha value is -1.28. The summed E-state index contributed by atoms with van der Waals surface area (Å²) in [6.07, 6.45) is 5.31. The summed E-state index contributed by atoms with van der Waals surface area (Å²) in [5.41, 5.74) is 1.43. The first-order chi connectivity index (χ1) is 5.79. The second-order valence-corrected chi connectivity index (χ2v) is 3.36. The predicted octanol–water partition coefficient (Wildman–Crippen LogP) is 1.16. The smallest absolute Gasteiger partial charge is 0.144 e. The summed E-state index contributed by atoms with van der Waals surface area (Å²) in [6.45, 7) is 0.730. The third-order valence-electron chi connectivity index (χ3n) is 1.63. The van der Waals surface area contributed by atoms with Crippen LogP contribution in [0.15, 0.2) is 28.7 Å². The molecule has 0 amide bonds. The molecule has 0 bridgehead atoms. The third-order valence-corrected chi connectivity index (χ3v) is 2.06. The van der Waals surface area contributed by atoms with Crippen molar-refractivity contribution in [2.75, 3.05) is 6.67 Å². The zero-order valence-corrected chi connectivity index (χ0v) is 7.69. The summed E-state index contributed by atoms with van der Waals surface area (Å²) in [5, 5.41) is 8.57. The number of fused-ring (bicyclic) bond motifs is 1. The number of aliphatic imine (C=N–C) groups is 1. The number of allylic oxidation sites excluding steroid dienone is 2. The van der Waals surface area contributed by atoms with E-state index in [-0.39, 0.29) is 0 Å². The summed E-state index contributed by atoms with van der Waals surface area (Å²) in [5.74, 6) is 0. The molecule has 0 saturated heterocycles. The van der Waals surface area contributed by atoms with Gasteiger partial charge in [-0.05, 0) is 6.08 Å². The van der Waals surface area contributed by atoms with Crippen molar-refractivity contribution in [1.82, 2.24) is 8.83 Å². The molecule has 0 aliphatic carbocycles. The fourth-order valence-corrected chi connectivity index (χ4v) is 1.53. The van der Waals surface area contributed by atoms with Gasteiger partial charge in [0.2, 0.25) is 0 Å². The van der Waals surface area contributed by atoms with E-state index in [0.29, 0.717) is 5.70 Å². The normalized spacial score (nSPS) is 20.0. The molecule has 0 saturated carbocycles. The first-order valence-corrected chi connectivity index (χ1v) is 4.07. The van der Waals surface area contributed by atoms with Crippen LogP contribution in [0.1, 0.15) is 0 Å². The van der Waals surface area contributed by atoms with E-state index >= 15 is 0 Å². The Morgan fingerprint density at radius 1 is 1.67 bits per heavy atom. The van der Waals surface area contributed by atoms with Crippen LogP contribution in [0.2, 0.25) is 0 Å². The maximum Gasteiger partial charge on any atom is 0.144 e. The summed E-state index contributed by atoms with van der Waals surface area (Å²) >= 11 is 3.31. The van der Waals surface area contributed by atoms with Crippen molar-refractivity contribution in [2.24, 2.45) is 4.99 Å². The molecule has 60 valence electrons. The molecule has 0 radical (unpaired) electrons. The van der Waals surface area contributed by atoms with E-state index in [2.05, 4.69) is 21.1 Å². The van der Waals surface area contributed by atoms with E-state index in [1.54, 1.807) is 12.4 Å². The average molecular weight is 225 g/mol. The number of nitrogens with zero attached hydrogens (tertiary/aromatic N) is 4. The Balaban J connectivity index is 2.33. The van der Waals surface area contributed by atoms with Crippen LogP contribution in [0.4, 0.5) is 0 Å². The minimum Gasteiger partial charge on any atom is -0.312 e. The van der Waals surface area contributed by atoms with Crippen LogP contribution in [0.25, 0.3) is 0 Å².